The molecular formula is C14H18ClN5. The van der Waals surface area contributed by atoms with Crippen LogP contribution >= 0.6 is 11.6 Å². The summed E-state index contributed by atoms with van der Waals surface area (Å²) >= 11 is 6.09. The summed E-state index contributed by atoms with van der Waals surface area (Å²) < 4.78 is 1.91. The lowest BCUT2D eigenvalue weighted by atomic mass is 9.87. The zero-order valence-electron chi connectivity index (χ0n) is 11.5. The van der Waals surface area contributed by atoms with Gasteiger partial charge in [-0.05, 0) is 41.3 Å². The minimum absolute atomic E-state index is 0.349. The molecule has 106 valence electrons. The van der Waals surface area contributed by atoms with Crippen molar-refractivity contribution in [1.82, 2.24) is 20.2 Å². The van der Waals surface area contributed by atoms with E-state index in [1.807, 2.05) is 16.8 Å². The summed E-state index contributed by atoms with van der Waals surface area (Å²) in [5.41, 5.74) is 7.40. The monoisotopic (exact) mass is 291 g/mol. The first kappa shape index (κ1) is 13.4. The largest absolute Gasteiger partial charge is 0.397 e. The van der Waals surface area contributed by atoms with Crippen LogP contribution < -0.4 is 5.73 Å². The van der Waals surface area contributed by atoms with Crippen LogP contribution in [0.5, 0.6) is 0 Å². The molecule has 0 radical (unpaired) electrons. The van der Waals surface area contributed by atoms with Crippen LogP contribution in [0.3, 0.4) is 0 Å². The fourth-order valence-corrected chi connectivity index (χ4v) is 3.15. The number of halogens is 1. The van der Waals surface area contributed by atoms with Crippen LogP contribution in [0.2, 0.25) is 5.02 Å². The lowest BCUT2D eigenvalue weighted by Gasteiger charge is -2.27. The van der Waals surface area contributed by atoms with Crippen LogP contribution in [0.4, 0.5) is 5.69 Å². The zero-order valence-corrected chi connectivity index (χ0v) is 12.2. The minimum atomic E-state index is 0.349. The maximum Gasteiger partial charge on any atom is 0.184 e. The van der Waals surface area contributed by atoms with Crippen molar-refractivity contribution in [3.63, 3.8) is 0 Å². The quantitative estimate of drug-likeness (QED) is 0.862. The van der Waals surface area contributed by atoms with Gasteiger partial charge in [0.05, 0.1) is 16.8 Å². The van der Waals surface area contributed by atoms with E-state index in [1.165, 1.54) is 12.8 Å². The predicted molar refractivity (Wildman–Crippen MR) is 79.3 cm³/mol. The number of anilines is 1. The van der Waals surface area contributed by atoms with Gasteiger partial charge in [-0.3, -0.25) is 0 Å². The Bertz CT molecular complexity index is 609. The number of hydrogen-bond donors (Lipinski definition) is 1. The highest BCUT2D eigenvalue weighted by Crippen LogP contribution is 2.36. The molecule has 3 rings (SSSR count). The second kappa shape index (κ2) is 5.40. The van der Waals surface area contributed by atoms with E-state index in [1.54, 1.807) is 6.07 Å². The Morgan fingerprint density at radius 1 is 1.35 bits per heavy atom. The van der Waals surface area contributed by atoms with Crippen molar-refractivity contribution >= 4 is 17.3 Å². The molecule has 6 heteroatoms. The smallest absolute Gasteiger partial charge is 0.184 e. The van der Waals surface area contributed by atoms with E-state index >= 15 is 0 Å². The molecule has 2 atom stereocenters. The Morgan fingerprint density at radius 2 is 2.20 bits per heavy atom. The van der Waals surface area contributed by atoms with E-state index < -0.39 is 0 Å². The van der Waals surface area contributed by atoms with Crippen LogP contribution in [-0.4, -0.2) is 20.2 Å². The molecule has 0 aliphatic heterocycles. The standard InChI is InChI=1S/C14H18ClN5/c1-9-4-2-5-10(8-9)20-14(17-18-19-20)11-6-3-7-12(15)13(11)16/h3,6-7,9-10H,2,4-5,8,16H2,1H3. The molecule has 1 aromatic heterocycles. The molecule has 2 N–H and O–H groups in total. The Labute approximate surface area is 123 Å². The van der Waals surface area contributed by atoms with Crippen molar-refractivity contribution in [3.05, 3.63) is 23.2 Å². The fourth-order valence-electron chi connectivity index (χ4n) is 2.97. The van der Waals surface area contributed by atoms with E-state index in [2.05, 4.69) is 22.4 Å². The number of aromatic nitrogens is 4. The topological polar surface area (TPSA) is 69.6 Å². The second-order valence-electron chi connectivity index (χ2n) is 5.57. The predicted octanol–water partition coefficient (Wildman–Crippen LogP) is 3.33. The van der Waals surface area contributed by atoms with Gasteiger partial charge in [0.2, 0.25) is 0 Å². The Morgan fingerprint density at radius 3 is 3.00 bits per heavy atom. The first-order chi connectivity index (χ1) is 9.66. The van der Waals surface area contributed by atoms with Gasteiger partial charge in [-0.2, -0.15) is 0 Å². The number of tetrazole rings is 1. The van der Waals surface area contributed by atoms with Gasteiger partial charge in [0.25, 0.3) is 0 Å². The van der Waals surface area contributed by atoms with Crippen LogP contribution in [0, 0.1) is 5.92 Å². The highest BCUT2D eigenvalue weighted by molar-refractivity contribution is 6.33. The second-order valence-corrected chi connectivity index (χ2v) is 5.98. The number of rotatable bonds is 2. The summed E-state index contributed by atoms with van der Waals surface area (Å²) in [4.78, 5) is 0. The lowest BCUT2D eigenvalue weighted by molar-refractivity contribution is 0.265. The minimum Gasteiger partial charge on any atom is -0.397 e. The third-order valence-corrected chi connectivity index (χ3v) is 4.37. The Hall–Kier alpha value is -1.62. The maximum atomic E-state index is 6.09. The average Bonchev–Trinajstić information content (AvgIpc) is 2.91. The summed E-state index contributed by atoms with van der Waals surface area (Å²) in [6.45, 7) is 2.28. The van der Waals surface area contributed by atoms with Crippen molar-refractivity contribution in [1.29, 1.82) is 0 Å². The van der Waals surface area contributed by atoms with Crippen LogP contribution in [0.1, 0.15) is 38.6 Å². The van der Waals surface area contributed by atoms with Gasteiger partial charge in [-0.25, -0.2) is 4.68 Å². The van der Waals surface area contributed by atoms with Crippen LogP contribution in [0.25, 0.3) is 11.4 Å². The molecule has 1 aliphatic carbocycles. The molecule has 0 bridgehead atoms. The van der Waals surface area contributed by atoms with Crippen LogP contribution in [0.15, 0.2) is 18.2 Å². The molecule has 1 heterocycles. The number of nitrogens with two attached hydrogens (primary N) is 1. The molecule has 2 aromatic rings. The number of para-hydroxylation sites is 1. The third kappa shape index (κ3) is 2.38. The van der Waals surface area contributed by atoms with Gasteiger partial charge >= 0.3 is 0 Å². The summed E-state index contributed by atoms with van der Waals surface area (Å²) in [6, 6.07) is 5.91. The Balaban J connectivity index is 1.99. The third-order valence-electron chi connectivity index (χ3n) is 4.04. The molecule has 5 nitrogen and oxygen atoms in total. The van der Waals surface area contributed by atoms with E-state index in [4.69, 9.17) is 17.3 Å². The van der Waals surface area contributed by atoms with Gasteiger partial charge in [0.15, 0.2) is 5.82 Å². The SMILES string of the molecule is CC1CCCC(n2nnnc2-c2cccc(Cl)c2N)C1. The number of hydrogen-bond acceptors (Lipinski definition) is 4. The first-order valence-electron chi connectivity index (χ1n) is 6.99. The molecule has 1 saturated carbocycles. The number of benzene rings is 1. The summed E-state index contributed by atoms with van der Waals surface area (Å²) in [6.07, 6.45) is 4.73. The molecule has 1 aromatic carbocycles. The summed E-state index contributed by atoms with van der Waals surface area (Å²) in [5, 5.41) is 12.7. The van der Waals surface area contributed by atoms with Gasteiger partial charge in [0, 0.05) is 5.56 Å². The summed E-state index contributed by atoms with van der Waals surface area (Å²) in [5.74, 6) is 1.42. The molecule has 1 fully saturated rings. The molecular weight excluding hydrogens is 274 g/mol. The van der Waals surface area contributed by atoms with Gasteiger partial charge in [0.1, 0.15) is 0 Å². The van der Waals surface area contributed by atoms with E-state index in [0.717, 1.165) is 18.4 Å². The fraction of sp³-hybridized carbons (Fsp3) is 0.500. The van der Waals surface area contributed by atoms with Crippen LogP contribution in [-0.2, 0) is 0 Å². The number of nitrogens with zero attached hydrogens (tertiary/aromatic N) is 4. The van der Waals surface area contributed by atoms with E-state index in [0.29, 0.717) is 28.5 Å². The van der Waals surface area contributed by atoms with E-state index in [-0.39, 0.29) is 0 Å². The van der Waals surface area contributed by atoms with Crippen molar-refractivity contribution in [3.8, 4) is 11.4 Å². The summed E-state index contributed by atoms with van der Waals surface area (Å²) in [7, 11) is 0. The highest BCUT2D eigenvalue weighted by atomic mass is 35.5. The zero-order chi connectivity index (χ0) is 14.1. The first-order valence-corrected chi connectivity index (χ1v) is 7.37. The van der Waals surface area contributed by atoms with Crippen molar-refractivity contribution in [2.75, 3.05) is 5.73 Å². The van der Waals surface area contributed by atoms with Gasteiger partial charge < -0.3 is 5.73 Å². The molecule has 20 heavy (non-hydrogen) atoms. The highest BCUT2D eigenvalue weighted by Gasteiger charge is 2.25. The van der Waals surface area contributed by atoms with Gasteiger partial charge in [-0.15, -0.1) is 5.10 Å². The molecule has 0 amide bonds. The van der Waals surface area contributed by atoms with Crippen molar-refractivity contribution in [2.24, 2.45) is 5.92 Å². The average molecular weight is 292 g/mol. The van der Waals surface area contributed by atoms with Gasteiger partial charge in [-0.1, -0.05) is 37.4 Å². The van der Waals surface area contributed by atoms with E-state index in [9.17, 15) is 0 Å². The maximum absolute atomic E-state index is 6.09. The van der Waals surface area contributed by atoms with Crippen molar-refractivity contribution in [2.45, 2.75) is 38.6 Å². The lowest BCUT2D eigenvalue weighted by Crippen LogP contribution is -2.19. The number of nitrogen functional groups attached to an aromatic ring is 1. The molecule has 0 saturated heterocycles. The normalized spacial score (nSPS) is 22.9. The molecule has 1 aliphatic rings. The Kier molecular flexibility index (Phi) is 3.61. The molecule has 2 unspecified atom stereocenters. The van der Waals surface area contributed by atoms with Crippen molar-refractivity contribution < 1.29 is 0 Å². The molecule has 0 spiro atoms.